The first-order valence-electron chi connectivity index (χ1n) is 6.31. The van der Waals surface area contributed by atoms with E-state index in [4.69, 9.17) is 0 Å². The third kappa shape index (κ3) is 3.73. The lowest BCUT2D eigenvalue weighted by Gasteiger charge is -2.21. The lowest BCUT2D eigenvalue weighted by atomic mass is 10.0. The SMILES string of the molecule is C[C@@H](O)c1ccc(SC2CCCCC2)cc1Br. The standard InChI is InChI=1S/C14H19BrOS/c1-10(16)13-8-7-12(9-14(13)15)17-11-5-3-2-4-6-11/h7-11,16H,2-6H2,1H3/t10-/m1/s1. The summed E-state index contributed by atoms with van der Waals surface area (Å²) in [5.41, 5.74) is 0.970. The lowest BCUT2D eigenvalue weighted by Crippen LogP contribution is -2.07. The van der Waals surface area contributed by atoms with Gasteiger partial charge < -0.3 is 5.11 Å². The Morgan fingerprint density at radius 1 is 1.29 bits per heavy atom. The summed E-state index contributed by atoms with van der Waals surface area (Å²) in [7, 11) is 0. The van der Waals surface area contributed by atoms with Gasteiger partial charge in [-0.15, -0.1) is 11.8 Å². The van der Waals surface area contributed by atoms with Gasteiger partial charge in [0.15, 0.2) is 0 Å². The van der Waals surface area contributed by atoms with E-state index in [2.05, 4.69) is 28.1 Å². The van der Waals surface area contributed by atoms with Crippen molar-refractivity contribution >= 4 is 27.7 Å². The molecule has 94 valence electrons. The van der Waals surface area contributed by atoms with Crippen LogP contribution < -0.4 is 0 Å². The van der Waals surface area contributed by atoms with Crippen LogP contribution in [0.5, 0.6) is 0 Å². The van der Waals surface area contributed by atoms with Crippen LogP contribution in [0.2, 0.25) is 0 Å². The Morgan fingerprint density at radius 3 is 2.59 bits per heavy atom. The Balaban J connectivity index is 2.04. The van der Waals surface area contributed by atoms with Gasteiger partial charge >= 0.3 is 0 Å². The van der Waals surface area contributed by atoms with E-state index < -0.39 is 6.10 Å². The molecule has 1 atom stereocenters. The number of rotatable bonds is 3. The molecule has 0 spiro atoms. The van der Waals surface area contributed by atoms with Crippen molar-refractivity contribution in [3.05, 3.63) is 28.2 Å². The molecule has 1 aliphatic rings. The van der Waals surface area contributed by atoms with Crippen LogP contribution in [-0.4, -0.2) is 10.4 Å². The predicted molar refractivity (Wildman–Crippen MR) is 77.5 cm³/mol. The fourth-order valence-corrected chi connectivity index (χ4v) is 4.44. The number of benzene rings is 1. The Kier molecular flexibility index (Phi) is 4.95. The van der Waals surface area contributed by atoms with E-state index in [9.17, 15) is 5.11 Å². The van der Waals surface area contributed by atoms with Gasteiger partial charge in [-0.3, -0.25) is 0 Å². The van der Waals surface area contributed by atoms with Crippen molar-refractivity contribution in [3.8, 4) is 0 Å². The zero-order valence-corrected chi connectivity index (χ0v) is 12.6. The van der Waals surface area contributed by atoms with Gasteiger partial charge in [-0.2, -0.15) is 0 Å². The second kappa shape index (κ2) is 6.26. The summed E-state index contributed by atoms with van der Waals surface area (Å²) in [4.78, 5) is 1.31. The minimum atomic E-state index is -0.405. The molecule has 1 aromatic carbocycles. The summed E-state index contributed by atoms with van der Waals surface area (Å²) in [6, 6.07) is 6.30. The predicted octanol–water partition coefficient (Wildman–Crippen LogP) is 4.93. The molecule has 0 amide bonds. The van der Waals surface area contributed by atoms with Gasteiger partial charge in [0.2, 0.25) is 0 Å². The van der Waals surface area contributed by atoms with Crippen LogP contribution in [0.15, 0.2) is 27.6 Å². The summed E-state index contributed by atoms with van der Waals surface area (Å²) in [6.45, 7) is 1.80. The highest BCUT2D eigenvalue weighted by molar-refractivity contribution is 9.10. The van der Waals surface area contributed by atoms with Crippen LogP contribution in [0.3, 0.4) is 0 Å². The molecule has 0 bridgehead atoms. The zero-order chi connectivity index (χ0) is 12.3. The maximum Gasteiger partial charge on any atom is 0.0772 e. The lowest BCUT2D eigenvalue weighted by molar-refractivity contribution is 0.198. The summed E-state index contributed by atoms with van der Waals surface area (Å²) in [5, 5.41) is 10.4. The normalized spacial score (nSPS) is 19.2. The van der Waals surface area contributed by atoms with Crippen molar-refractivity contribution in [1.82, 2.24) is 0 Å². The summed E-state index contributed by atoms with van der Waals surface area (Å²) < 4.78 is 1.02. The first kappa shape index (κ1) is 13.4. The topological polar surface area (TPSA) is 20.2 Å². The molecular formula is C14H19BrOS. The van der Waals surface area contributed by atoms with Crippen LogP contribution in [0, 0.1) is 0 Å². The van der Waals surface area contributed by atoms with Crippen LogP contribution in [0.4, 0.5) is 0 Å². The van der Waals surface area contributed by atoms with Crippen LogP contribution in [0.25, 0.3) is 0 Å². The van der Waals surface area contributed by atoms with E-state index in [1.165, 1.54) is 37.0 Å². The molecule has 1 aromatic rings. The minimum absolute atomic E-state index is 0.405. The molecule has 2 rings (SSSR count). The van der Waals surface area contributed by atoms with Gasteiger partial charge in [0.25, 0.3) is 0 Å². The smallest absolute Gasteiger partial charge is 0.0772 e. The molecule has 0 aliphatic heterocycles. The molecular weight excluding hydrogens is 296 g/mol. The number of thioether (sulfide) groups is 1. The van der Waals surface area contributed by atoms with Crippen molar-refractivity contribution in [3.63, 3.8) is 0 Å². The fraction of sp³-hybridized carbons (Fsp3) is 0.571. The highest BCUT2D eigenvalue weighted by atomic mass is 79.9. The maximum atomic E-state index is 9.58. The summed E-state index contributed by atoms with van der Waals surface area (Å²) in [6.07, 6.45) is 6.45. The van der Waals surface area contributed by atoms with Crippen molar-refractivity contribution in [1.29, 1.82) is 0 Å². The Labute approximate surface area is 116 Å². The summed E-state index contributed by atoms with van der Waals surface area (Å²) in [5.74, 6) is 0. The third-order valence-corrected chi connectivity index (χ3v) is 5.29. The molecule has 1 fully saturated rings. The monoisotopic (exact) mass is 314 g/mol. The Bertz CT molecular complexity index is 372. The average Bonchev–Trinajstić information content (AvgIpc) is 2.30. The molecule has 0 aromatic heterocycles. The Hall–Kier alpha value is 0.01000. The van der Waals surface area contributed by atoms with Crippen molar-refractivity contribution < 1.29 is 5.11 Å². The molecule has 17 heavy (non-hydrogen) atoms. The summed E-state index contributed by atoms with van der Waals surface area (Å²) >= 11 is 5.53. The number of hydrogen-bond acceptors (Lipinski definition) is 2. The third-order valence-electron chi connectivity index (χ3n) is 3.28. The van der Waals surface area contributed by atoms with Crippen LogP contribution >= 0.6 is 27.7 Å². The van der Waals surface area contributed by atoms with Gasteiger partial charge in [0, 0.05) is 14.6 Å². The van der Waals surface area contributed by atoms with Crippen LogP contribution in [-0.2, 0) is 0 Å². The van der Waals surface area contributed by atoms with E-state index >= 15 is 0 Å². The largest absolute Gasteiger partial charge is 0.389 e. The number of hydrogen-bond donors (Lipinski definition) is 1. The second-order valence-corrected chi connectivity index (χ2v) is 6.97. The number of aliphatic hydroxyl groups is 1. The molecule has 1 N–H and O–H groups in total. The molecule has 3 heteroatoms. The van der Waals surface area contributed by atoms with E-state index in [1.807, 2.05) is 17.8 Å². The highest BCUT2D eigenvalue weighted by Crippen LogP contribution is 2.36. The molecule has 0 saturated heterocycles. The molecule has 0 radical (unpaired) electrons. The van der Waals surface area contributed by atoms with Crippen molar-refractivity contribution in [2.24, 2.45) is 0 Å². The first-order chi connectivity index (χ1) is 8.16. The zero-order valence-electron chi connectivity index (χ0n) is 10.2. The van der Waals surface area contributed by atoms with E-state index in [0.717, 1.165) is 15.3 Å². The van der Waals surface area contributed by atoms with E-state index in [-0.39, 0.29) is 0 Å². The second-order valence-electron chi connectivity index (χ2n) is 4.74. The minimum Gasteiger partial charge on any atom is -0.389 e. The maximum absolute atomic E-state index is 9.58. The molecule has 1 aliphatic carbocycles. The van der Waals surface area contributed by atoms with E-state index in [1.54, 1.807) is 6.92 Å². The van der Waals surface area contributed by atoms with Crippen LogP contribution in [0.1, 0.15) is 50.7 Å². The van der Waals surface area contributed by atoms with Gasteiger partial charge in [0.1, 0.15) is 0 Å². The fourth-order valence-electron chi connectivity index (χ4n) is 2.30. The number of aliphatic hydroxyl groups excluding tert-OH is 1. The average molecular weight is 315 g/mol. The van der Waals surface area contributed by atoms with E-state index in [0.29, 0.717) is 0 Å². The van der Waals surface area contributed by atoms with Gasteiger partial charge in [0.05, 0.1) is 6.10 Å². The number of halogens is 1. The van der Waals surface area contributed by atoms with Crippen molar-refractivity contribution in [2.45, 2.75) is 55.3 Å². The molecule has 1 saturated carbocycles. The quantitative estimate of drug-likeness (QED) is 0.853. The van der Waals surface area contributed by atoms with Gasteiger partial charge in [-0.1, -0.05) is 41.3 Å². The van der Waals surface area contributed by atoms with Gasteiger partial charge in [-0.05, 0) is 37.5 Å². The molecule has 1 nitrogen and oxygen atoms in total. The van der Waals surface area contributed by atoms with Gasteiger partial charge in [-0.25, -0.2) is 0 Å². The first-order valence-corrected chi connectivity index (χ1v) is 7.98. The Morgan fingerprint density at radius 2 is 2.00 bits per heavy atom. The molecule has 0 unspecified atom stereocenters. The van der Waals surface area contributed by atoms with Crippen molar-refractivity contribution in [2.75, 3.05) is 0 Å². The highest BCUT2D eigenvalue weighted by Gasteiger charge is 2.15. The molecule has 0 heterocycles.